The molecule has 4 heteroatoms. The zero-order valence-electron chi connectivity index (χ0n) is 11.5. The summed E-state index contributed by atoms with van der Waals surface area (Å²) in [7, 11) is 0. The van der Waals surface area contributed by atoms with Crippen molar-refractivity contribution in [2.45, 2.75) is 63.4 Å². The van der Waals surface area contributed by atoms with Gasteiger partial charge in [0.2, 0.25) is 0 Å². The van der Waals surface area contributed by atoms with Crippen LogP contribution in [0, 0.1) is 5.92 Å². The van der Waals surface area contributed by atoms with E-state index in [0.717, 1.165) is 12.8 Å². The second-order valence-electron chi connectivity index (χ2n) is 6.07. The van der Waals surface area contributed by atoms with Gasteiger partial charge in [-0.1, -0.05) is 6.58 Å². The van der Waals surface area contributed by atoms with Gasteiger partial charge in [0, 0.05) is 5.57 Å². The lowest BCUT2D eigenvalue weighted by Gasteiger charge is -2.22. The van der Waals surface area contributed by atoms with Crippen molar-refractivity contribution in [1.29, 1.82) is 0 Å². The van der Waals surface area contributed by atoms with Gasteiger partial charge in [-0.2, -0.15) is 0 Å². The molecule has 1 aliphatic carbocycles. The lowest BCUT2D eigenvalue weighted by molar-refractivity contribution is -0.145. The normalized spacial score (nSPS) is 37.1. The summed E-state index contributed by atoms with van der Waals surface area (Å²) < 4.78 is 16.3. The zero-order valence-corrected chi connectivity index (χ0v) is 11.5. The van der Waals surface area contributed by atoms with Crippen LogP contribution in [-0.4, -0.2) is 37.0 Å². The molecule has 0 radical (unpaired) electrons. The lowest BCUT2D eigenvalue weighted by atomic mass is 9.85. The molecule has 2 saturated heterocycles. The molecule has 3 rings (SSSR count). The molecule has 0 aromatic carbocycles. The number of carbonyl (C=O) groups excluding carboxylic acids is 1. The van der Waals surface area contributed by atoms with Crippen molar-refractivity contribution in [3.63, 3.8) is 0 Å². The fourth-order valence-corrected chi connectivity index (χ4v) is 2.98. The molecule has 2 heterocycles. The Bertz CT molecular complexity index is 374. The van der Waals surface area contributed by atoms with E-state index in [0.29, 0.717) is 30.3 Å². The monoisotopic (exact) mass is 266 g/mol. The molecule has 4 nitrogen and oxygen atoms in total. The Labute approximate surface area is 114 Å². The van der Waals surface area contributed by atoms with Gasteiger partial charge in [-0.05, 0) is 44.9 Å². The van der Waals surface area contributed by atoms with E-state index >= 15 is 0 Å². The highest BCUT2D eigenvalue weighted by atomic mass is 16.6. The van der Waals surface area contributed by atoms with Crippen molar-refractivity contribution in [2.75, 3.05) is 6.61 Å². The van der Waals surface area contributed by atoms with Crippen LogP contribution in [0.15, 0.2) is 12.2 Å². The summed E-state index contributed by atoms with van der Waals surface area (Å²) in [6.45, 7) is 6.02. The summed E-state index contributed by atoms with van der Waals surface area (Å²) in [4.78, 5) is 11.6. The number of esters is 1. The summed E-state index contributed by atoms with van der Waals surface area (Å²) >= 11 is 0. The molecule has 3 aliphatic rings. The van der Waals surface area contributed by atoms with E-state index in [1.54, 1.807) is 6.92 Å². The van der Waals surface area contributed by atoms with Crippen LogP contribution in [0.5, 0.6) is 0 Å². The highest BCUT2D eigenvalue weighted by molar-refractivity contribution is 5.87. The smallest absolute Gasteiger partial charge is 0.333 e. The van der Waals surface area contributed by atoms with Gasteiger partial charge in [0.15, 0.2) is 0 Å². The van der Waals surface area contributed by atoms with E-state index in [1.807, 2.05) is 0 Å². The lowest BCUT2D eigenvalue weighted by Crippen LogP contribution is -2.25. The average Bonchev–Trinajstić information content (AvgIpc) is 3.26. The first-order chi connectivity index (χ1) is 9.13. The highest BCUT2D eigenvalue weighted by Gasteiger charge is 2.44. The van der Waals surface area contributed by atoms with Gasteiger partial charge >= 0.3 is 5.97 Å². The summed E-state index contributed by atoms with van der Waals surface area (Å²) in [6, 6.07) is 0. The molecule has 0 aromatic rings. The van der Waals surface area contributed by atoms with Gasteiger partial charge in [0.05, 0.1) is 18.8 Å². The Kier molecular flexibility index (Phi) is 3.63. The molecule has 1 saturated carbocycles. The van der Waals surface area contributed by atoms with Gasteiger partial charge in [-0.25, -0.2) is 4.79 Å². The first kappa shape index (κ1) is 13.1. The molecule has 0 aromatic heterocycles. The molecule has 0 amide bonds. The Morgan fingerprint density at radius 3 is 2.84 bits per heavy atom. The minimum Gasteiger partial charge on any atom is -0.456 e. The number of epoxide rings is 2. The highest BCUT2D eigenvalue weighted by Crippen LogP contribution is 2.41. The molecule has 5 atom stereocenters. The SMILES string of the molecule is C=C(C)C(=O)OC(CCC1CCC2OC2C1)C1CO1. The molecule has 19 heavy (non-hydrogen) atoms. The summed E-state index contributed by atoms with van der Waals surface area (Å²) in [5, 5.41) is 0. The van der Waals surface area contributed by atoms with Crippen molar-refractivity contribution in [1.82, 2.24) is 0 Å². The third-order valence-electron chi connectivity index (χ3n) is 4.35. The van der Waals surface area contributed by atoms with Crippen LogP contribution in [0.3, 0.4) is 0 Å². The van der Waals surface area contributed by atoms with Gasteiger partial charge in [0.25, 0.3) is 0 Å². The van der Waals surface area contributed by atoms with E-state index in [-0.39, 0.29) is 18.2 Å². The fourth-order valence-electron chi connectivity index (χ4n) is 2.98. The summed E-state index contributed by atoms with van der Waals surface area (Å²) in [6.07, 6.45) is 6.70. The molecular formula is C15H22O4. The van der Waals surface area contributed by atoms with Crippen LogP contribution in [0.2, 0.25) is 0 Å². The first-order valence-corrected chi connectivity index (χ1v) is 7.27. The predicted octanol–water partition coefficient (Wildman–Crippen LogP) is 2.22. The molecule has 106 valence electrons. The molecule has 0 spiro atoms. The van der Waals surface area contributed by atoms with Crippen molar-refractivity contribution in [2.24, 2.45) is 5.92 Å². The van der Waals surface area contributed by atoms with E-state index in [2.05, 4.69) is 6.58 Å². The van der Waals surface area contributed by atoms with Crippen LogP contribution >= 0.6 is 0 Å². The molecule has 0 N–H and O–H groups in total. The Morgan fingerprint density at radius 2 is 2.21 bits per heavy atom. The maximum atomic E-state index is 11.6. The number of hydrogen-bond donors (Lipinski definition) is 0. The summed E-state index contributed by atoms with van der Waals surface area (Å²) in [5.74, 6) is 0.420. The minimum absolute atomic E-state index is 0.0953. The Morgan fingerprint density at radius 1 is 1.42 bits per heavy atom. The van der Waals surface area contributed by atoms with Crippen LogP contribution in [0.4, 0.5) is 0 Å². The zero-order chi connectivity index (χ0) is 13.4. The van der Waals surface area contributed by atoms with Crippen LogP contribution in [0.1, 0.15) is 39.0 Å². The maximum absolute atomic E-state index is 11.6. The first-order valence-electron chi connectivity index (χ1n) is 7.27. The van der Waals surface area contributed by atoms with Crippen LogP contribution < -0.4 is 0 Å². The maximum Gasteiger partial charge on any atom is 0.333 e. The fraction of sp³-hybridized carbons (Fsp3) is 0.800. The van der Waals surface area contributed by atoms with Gasteiger partial charge in [0.1, 0.15) is 12.2 Å². The molecule has 3 fully saturated rings. The van der Waals surface area contributed by atoms with Crippen molar-refractivity contribution in [3.05, 3.63) is 12.2 Å². The van der Waals surface area contributed by atoms with Crippen molar-refractivity contribution in [3.8, 4) is 0 Å². The molecular weight excluding hydrogens is 244 g/mol. The standard InChI is InChI=1S/C15H22O4/c1-9(2)15(16)19-12(14-8-17-14)6-4-10-3-5-11-13(7-10)18-11/h10-14H,1,3-8H2,2H3. The molecule has 2 aliphatic heterocycles. The Hall–Kier alpha value is -0.870. The largest absolute Gasteiger partial charge is 0.456 e. The summed E-state index contributed by atoms with van der Waals surface area (Å²) in [5.41, 5.74) is 0.456. The second kappa shape index (κ2) is 5.25. The van der Waals surface area contributed by atoms with Gasteiger partial charge < -0.3 is 14.2 Å². The van der Waals surface area contributed by atoms with Crippen LogP contribution in [0.25, 0.3) is 0 Å². The number of hydrogen-bond acceptors (Lipinski definition) is 4. The van der Waals surface area contributed by atoms with Crippen LogP contribution in [-0.2, 0) is 19.0 Å². The van der Waals surface area contributed by atoms with Crippen molar-refractivity contribution >= 4 is 5.97 Å². The molecule has 5 unspecified atom stereocenters. The minimum atomic E-state index is -0.297. The van der Waals surface area contributed by atoms with E-state index in [1.165, 1.54) is 19.3 Å². The predicted molar refractivity (Wildman–Crippen MR) is 69.7 cm³/mol. The number of ether oxygens (including phenoxy) is 3. The average molecular weight is 266 g/mol. The third-order valence-corrected chi connectivity index (χ3v) is 4.35. The second-order valence-corrected chi connectivity index (χ2v) is 6.07. The topological polar surface area (TPSA) is 51.4 Å². The van der Waals surface area contributed by atoms with E-state index in [9.17, 15) is 4.79 Å². The van der Waals surface area contributed by atoms with E-state index < -0.39 is 0 Å². The quantitative estimate of drug-likeness (QED) is 0.420. The number of rotatable bonds is 6. The van der Waals surface area contributed by atoms with E-state index in [4.69, 9.17) is 14.2 Å². The third kappa shape index (κ3) is 3.37. The number of fused-ring (bicyclic) bond motifs is 1. The molecule has 0 bridgehead atoms. The van der Waals surface area contributed by atoms with Gasteiger partial charge in [-0.15, -0.1) is 0 Å². The Balaban J connectivity index is 1.45. The van der Waals surface area contributed by atoms with Crippen molar-refractivity contribution < 1.29 is 19.0 Å². The number of carbonyl (C=O) groups is 1. The van der Waals surface area contributed by atoms with Gasteiger partial charge in [-0.3, -0.25) is 0 Å².